The van der Waals surface area contributed by atoms with Crippen LogP contribution in [-0.4, -0.2) is 33.8 Å². The lowest BCUT2D eigenvalue weighted by Gasteiger charge is -2.19. The molecule has 160 valence electrons. The average Bonchev–Trinajstić information content (AvgIpc) is 2.75. The van der Waals surface area contributed by atoms with E-state index < -0.39 is 5.60 Å². The van der Waals surface area contributed by atoms with Gasteiger partial charge in [-0.2, -0.15) is 0 Å². The van der Waals surface area contributed by atoms with E-state index in [0.717, 1.165) is 39.0 Å². The zero-order chi connectivity index (χ0) is 22.5. The van der Waals surface area contributed by atoms with Crippen molar-refractivity contribution in [3.05, 3.63) is 59.3 Å². The highest BCUT2D eigenvalue weighted by Crippen LogP contribution is 2.35. The predicted octanol–water partition coefficient (Wildman–Crippen LogP) is 5.84. The molecule has 0 radical (unpaired) electrons. The fourth-order valence-corrected chi connectivity index (χ4v) is 3.08. The summed E-state index contributed by atoms with van der Waals surface area (Å²) >= 11 is 6.53. The lowest BCUT2D eigenvalue weighted by Crippen LogP contribution is -2.22. The molecule has 0 bridgehead atoms. The van der Waals surface area contributed by atoms with Crippen LogP contribution in [0, 0.1) is 6.92 Å². The van der Waals surface area contributed by atoms with Gasteiger partial charge in [0.15, 0.2) is 5.82 Å². The lowest BCUT2D eigenvalue weighted by atomic mass is 10.0. The zero-order valence-corrected chi connectivity index (χ0v) is 18.8. The number of fused-ring (bicyclic) bond motifs is 1. The molecule has 0 spiro atoms. The van der Waals surface area contributed by atoms with Crippen molar-refractivity contribution in [1.82, 2.24) is 15.0 Å². The summed E-state index contributed by atoms with van der Waals surface area (Å²) in [7, 11) is 0.500. The maximum atomic E-state index is 10.3. The first kappa shape index (κ1) is 23.7. The Morgan fingerprint density at radius 1 is 1.23 bits per heavy atom. The highest BCUT2D eigenvalue weighted by Gasteiger charge is 2.23. The number of nitrogens with one attached hydrogen (secondary N) is 1. The Bertz CT molecular complexity index is 1040. The van der Waals surface area contributed by atoms with Crippen LogP contribution >= 0.6 is 11.6 Å². The highest BCUT2D eigenvalue weighted by atomic mass is 35.5. The lowest BCUT2D eigenvalue weighted by molar-refractivity contribution is 0.0436. The topological polar surface area (TPSA) is 70.9 Å². The van der Waals surface area contributed by atoms with Crippen molar-refractivity contribution in [3.63, 3.8) is 0 Å². The number of aromatic nitrogens is 3. The first-order chi connectivity index (χ1) is 14.2. The molecule has 7 heteroatoms. The van der Waals surface area contributed by atoms with Crippen molar-refractivity contribution < 1.29 is 9.50 Å². The smallest absolute Gasteiger partial charge is 0.159 e. The van der Waals surface area contributed by atoms with Crippen molar-refractivity contribution in [2.75, 3.05) is 19.0 Å². The summed E-state index contributed by atoms with van der Waals surface area (Å²) < 4.78 is 9.50. The molecule has 1 aromatic carbocycles. The van der Waals surface area contributed by atoms with Gasteiger partial charge in [-0.1, -0.05) is 36.7 Å². The largest absolute Gasteiger partial charge is 0.382 e. The van der Waals surface area contributed by atoms with Gasteiger partial charge in [-0.3, -0.25) is 9.37 Å². The standard InChI is InChI=1S/C22H25ClN4O.CH3F/c1-6-22(5,28)21-25-11-16(12-26-21)15-7-8-18-17(9-15)20(24-10-13(2)3)19(23)14(4)27-18;1-2/h7-9,11-12,28H,2,6,10H2,1,3-5H3,(H,24,27);1H3. The number of hydrogen-bond acceptors (Lipinski definition) is 5. The first-order valence-corrected chi connectivity index (χ1v) is 10.0. The minimum absolute atomic E-state index is 0.420. The fraction of sp³-hybridized carbons (Fsp3) is 0.348. The molecule has 1 atom stereocenters. The molecule has 1 unspecified atom stereocenters. The third kappa shape index (κ3) is 5.12. The van der Waals surface area contributed by atoms with E-state index in [2.05, 4.69) is 26.8 Å². The summed E-state index contributed by atoms with van der Waals surface area (Å²) in [6.45, 7) is 12.1. The molecular weight excluding hydrogens is 403 g/mol. The fourth-order valence-electron chi connectivity index (χ4n) is 2.87. The van der Waals surface area contributed by atoms with Gasteiger partial charge < -0.3 is 10.4 Å². The Balaban J connectivity index is 0.00000155. The molecule has 3 aromatic rings. The zero-order valence-electron chi connectivity index (χ0n) is 18.1. The van der Waals surface area contributed by atoms with Gasteiger partial charge in [-0.15, -0.1) is 0 Å². The first-order valence-electron chi connectivity index (χ1n) is 9.64. The molecule has 5 nitrogen and oxygen atoms in total. The van der Waals surface area contributed by atoms with Crippen LogP contribution in [0.4, 0.5) is 10.1 Å². The second kappa shape index (κ2) is 9.96. The number of benzene rings is 1. The normalized spacial score (nSPS) is 12.7. The molecule has 3 rings (SSSR count). The van der Waals surface area contributed by atoms with E-state index in [0.29, 0.717) is 31.0 Å². The van der Waals surface area contributed by atoms with Crippen LogP contribution < -0.4 is 5.32 Å². The maximum absolute atomic E-state index is 10.3. The van der Waals surface area contributed by atoms with E-state index in [1.54, 1.807) is 19.3 Å². The predicted molar refractivity (Wildman–Crippen MR) is 123 cm³/mol. The summed E-state index contributed by atoms with van der Waals surface area (Å²) in [4.78, 5) is 13.3. The summed E-state index contributed by atoms with van der Waals surface area (Å²) in [5.74, 6) is 0.420. The van der Waals surface area contributed by atoms with Gasteiger partial charge >= 0.3 is 0 Å². The minimum Gasteiger partial charge on any atom is -0.382 e. The van der Waals surface area contributed by atoms with Gasteiger partial charge in [0.05, 0.1) is 29.1 Å². The third-order valence-electron chi connectivity index (χ3n) is 4.81. The Morgan fingerprint density at radius 2 is 1.87 bits per heavy atom. The quantitative estimate of drug-likeness (QED) is 0.480. The second-order valence-corrected chi connectivity index (χ2v) is 7.73. The highest BCUT2D eigenvalue weighted by molar-refractivity contribution is 6.35. The number of rotatable bonds is 6. The Labute approximate surface area is 182 Å². The molecule has 0 amide bonds. The van der Waals surface area contributed by atoms with E-state index >= 15 is 0 Å². The summed E-state index contributed by atoms with van der Waals surface area (Å²) in [6, 6.07) is 5.99. The molecule has 30 heavy (non-hydrogen) atoms. The number of aliphatic hydroxyl groups is 1. The van der Waals surface area contributed by atoms with Crippen molar-refractivity contribution in [2.24, 2.45) is 0 Å². The Morgan fingerprint density at radius 3 is 2.43 bits per heavy atom. The summed E-state index contributed by atoms with van der Waals surface area (Å²) in [6.07, 6.45) is 4.01. The van der Waals surface area contributed by atoms with E-state index in [-0.39, 0.29) is 0 Å². The van der Waals surface area contributed by atoms with Gasteiger partial charge in [-0.25, -0.2) is 9.97 Å². The Kier molecular flexibility index (Phi) is 7.87. The number of alkyl halides is 1. The molecule has 2 aromatic heterocycles. The molecule has 0 aliphatic heterocycles. The van der Waals surface area contributed by atoms with Crippen molar-refractivity contribution in [2.45, 2.75) is 39.7 Å². The van der Waals surface area contributed by atoms with E-state index in [1.165, 1.54) is 0 Å². The van der Waals surface area contributed by atoms with Crippen molar-refractivity contribution in [1.29, 1.82) is 0 Å². The van der Waals surface area contributed by atoms with Gasteiger partial charge in [0.25, 0.3) is 0 Å². The van der Waals surface area contributed by atoms with Crippen LogP contribution in [-0.2, 0) is 5.60 Å². The van der Waals surface area contributed by atoms with E-state index in [9.17, 15) is 9.50 Å². The minimum atomic E-state index is -1.03. The second-order valence-electron chi connectivity index (χ2n) is 7.35. The number of hydrogen-bond donors (Lipinski definition) is 2. The van der Waals surface area contributed by atoms with Gasteiger partial charge in [0.2, 0.25) is 0 Å². The number of halogens is 2. The summed E-state index contributed by atoms with van der Waals surface area (Å²) in [5.41, 5.74) is 4.29. The summed E-state index contributed by atoms with van der Waals surface area (Å²) in [5, 5.41) is 15.2. The van der Waals surface area contributed by atoms with Crippen LogP contribution in [0.5, 0.6) is 0 Å². The molecule has 2 N–H and O–H groups in total. The van der Waals surface area contributed by atoms with Crippen LogP contribution in [0.25, 0.3) is 22.0 Å². The molecule has 0 aliphatic carbocycles. The van der Waals surface area contributed by atoms with Crippen molar-refractivity contribution >= 4 is 28.2 Å². The van der Waals surface area contributed by atoms with Gasteiger partial charge in [0, 0.05) is 29.9 Å². The number of anilines is 1. The molecular formula is C23H28ClFN4O. The van der Waals surface area contributed by atoms with Gasteiger partial charge in [-0.05, 0) is 44.9 Å². The van der Waals surface area contributed by atoms with E-state index in [4.69, 9.17) is 11.6 Å². The average molecular weight is 431 g/mol. The SMILES string of the molecule is C=C(C)CNc1c(Cl)c(C)nc2ccc(-c3cnc(C(C)(O)CC)nc3)cc12.CF. The van der Waals surface area contributed by atoms with Crippen LogP contribution in [0.3, 0.4) is 0 Å². The number of nitrogens with zero attached hydrogens (tertiary/aromatic N) is 3. The molecule has 0 saturated heterocycles. The number of pyridine rings is 1. The monoisotopic (exact) mass is 430 g/mol. The third-order valence-corrected chi connectivity index (χ3v) is 5.28. The van der Waals surface area contributed by atoms with Gasteiger partial charge in [0.1, 0.15) is 5.60 Å². The Hall–Kier alpha value is -2.57. The van der Waals surface area contributed by atoms with Crippen LogP contribution in [0.2, 0.25) is 5.02 Å². The van der Waals surface area contributed by atoms with Crippen LogP contribution in [0.1, 0.15) is 38.7 Å². The van der Waals surface area contributed by atoms with Crippen molar-refractivity contribution in [3.8, 4) is 11.1 Å². The maximum Gasteiger partial charge on any atom is 0.159 e. The number of aryl methyl sites for hydroxylation is 1. The molecule has 2 heterocycles. The van der Waals surface area contributed by atoms with Crippen LogP contribution in [0.15, 0.2) is 42.7 Å². The van der Waals surface area contributed by atoms with E-state index in [1.807, 2.05) is 39.0 Å². The molecule has 0 fully saturated rings. The molecule has 0 aliphatic rings. The molecule has 0 saturated carbocycles.